The van der Waals surface area contributed by atoms with E-state index in [4.69, 9.17) is 11.6 Å². The fraction of sp³-hybridized carbons (Fsp3) is 0. The van der Waals surface area contributed by atoms with Gasteiger partial charge in [0.1, 0.15) is 18.5 Å². The molecule has 6 nitrogen and oxygen atoms in total. The van der Waals surface area contributed by atoms with Gasteiger partial charge >= 0.3 is 0 Å². The molecule has 2 aromatic heterocycles. The molecule has 3 rings (SSSR count). The van der Waals surface area contributed by atoms with E-state index in [1.165, 1.54) is 23.4 Å². The second-order valence-corrected chi connectivity index (χ2v) is 4.98. The fourth-order valence-corrected chi connectivity index (χ4v) is 2.08. The van der Waals surface area contributed by atoms with Crippen molar-refractivity contribution >= 4 is 27.5 Å². The van der Waals surface area contributed by atoms with Crippen LogP contribution in [-0.4, -0.2) is 29.7 Å². The molecule has 0 fully saturated rings. The van der Waals surface area contributed by atoms with Crippen molar-refractivity contribution in [3.05, 3.63) is 46.2 Å². The smallest absolute Gasteiger partial charge is 0.223 e. The molecular weight excluding hydrogens is 370 g/mol. The number of benzene rings is 1. The summed E-state index contributed by atoms with van der Waals surface area (Å²) >= 11 is 8.76. The molecule has 106 valence electrons. The Balaban J connectivity index is 2.23. The second kappa shape index (κ2) is 5.41. The number of aromatic nitrogens is 6. The van der Waals surface area contributed by atoms with Crippen LogP contribution in [0.15, 0.2) is 29.3 Å². The minimum atomic E-state index is -0.832. The van der Waals surface area contributed by atoms with Gasteiger partial charge in [-0.15, -0.1) is 0 Å². The Morgan fingerprint density at radius 3 is 2.67 bits per heavy atom. The minimum Gasteiger partial charge on any atom is -0.223 e. The molecular formula is C11H4BrClF2N6. The average Bonchev–Trinajstić information content (AvgIpc) is 2.97. The third-order valence-corrected chi connectivity index (χ3v) is 3.27. The van der Waals surface area contributed by atoms with Crippen LogP contribution in [0.25, 0.3) is 17.3 Å². The normalized spacial score (nSPS) is 10.9. The van der Waals surface area contributed by atoms with Gasteiger partial charge in [0, 0.05) is 0 Å². The van der Waals surface area contributed by atoms with Crippen LogP contribution < -0.4 is 0 Å². The zero-order chi connectivity index (χ0) is 15.0. The first-order valence-electron chi connectivity index (χ1n) is 5.46. The SMILES string of the molecule is Fc1ccc(Br)c(F)c1-c1nc(Cl)nc(-n2cncn2)n1. The van der Waals surface area contributed by atoms with Crippen LogP contribution in [0.1, 0.15) is 0 Å². The number of hydrogen-bond acceptors (Lipinski definition) is 5. The molecule has 3 aromatic rings. The molecule has 0 bridgehead atoms. The minimum absolute atomic E-state index is 0.00118. The predicted molar refractivity (Wildman–Crippen MR) is 72.8 cm³/mol. The molecule has 0 atom stereocenters. The lowest BCUT2D eigenvalue weighted by Crippen LogP contribution is -2.06. The molecule has 0 aliphatic heterocycles. The van der Waals surface area contributed by atoms with E-state index in [-0.39, 0.29) is 21.5 Å². The first kappa shape index (κ1) is 14.0. The summed E-state index contributed by atoms with van der Waals surface area (Å²) in [7, 11) is 0. The highest BCUT2D eigenvalue weighted by atomic mass is 79.9. The van der Waals surface area contributed by atoms with Gasteiger partial charge in [-0.2, -0.15) is 24.7 Å². The first-order valence-corrected chi connectivity index (χ1v) is 6.64. The third-order valence-electron chi connectivity index (χ3n) is 2.49. The van der Waals surface area contributed by atoms with Gasteiger partial charge in [0.05, 0.1) is 10.0 Å². The first-order chi connectivity index (χ1) is 10.1. The highest BCUT2D eigenvalue weighted by Crippen LogP contribution is 2.29. The maximum atomic E-state index is 14.1. The van der Waals surface area contributed by atoms with Crippen LogP contribution in [0, 0.1) is 11.6 Å². The van der Waals surface area contributed by atoms with E-state index in [0.29, 0.717) is 0 Å². The number of hydrogen-bond donors (Lipinski definition) is 0. The van der Waals surface area contributed by atoms with E-state index in [1.54, 1.807) is 0 Å². The Morgan fingerprint density at radius 2 is 1.95 bits per heavy atom. The molecule has 0 saturated heterocycles. The molecule has 0 spiro atoms. The van der Waals surface area contributed by atoms with E-state index in [1.807, 2.05) is 0 Å². The van der Waals surface area contributed by atoms with Gasteiger partial charge in [0.2, 0.25) is 5.28 Å². The molecule has 21 heavy (non-hydrogen) atoms. The van der Waals surface area contributed by atoms with Crippen molar-refractivity contribution < 1.29 is 8.78 Å². The zero-order valence-corrected chi connectivity index (χ0v) is 12.3. The molecule has 0 radical (unpaired) electrons. The topological polar surface area (TPSA) is 69.4 Å². The van der Waals surface area contributed by atoms with E-state index >= 15 is 0 Å². The Kier molecular flexibility index (Phi) is 3.60. The summed E-state index contributed by atoms with van der Waals surface area (Å²) in [6.45, 7) is 0. The summed E-state index contributed by atoms with van der Waals surface area (Å²) in [4.78, 5) is 15.3. The number of rotatable bonds is 2. The van der Waals surface area contributed by atoms with Crippen molar-refractivity contribution in [3.63, 3.8) is 0 Å². The van der Waals surface area contributed by atoms with Crippen LogP contribution in [0.5, 0.6) is 0 Å². The predicted octanol–water partition coefficient (Wildman–Crippen LogP) is 2.81. The largest absolute Gasteiger partial charge is 0.256 e. The highest BCUT2D eigenvalue weighted by molar-refractivity contribution is 9.10. The molecule has 0 aliphatic rings. The highest BCUT2D eigenvalue weighted by Gasteiger charge is 2.19. The van der Waals surface area contributed by atoms with E-state index in [0.717, 1.165) is 6.07 Å². The van der Waals surface area contributed by atoms with E-state index < -0.39 is 17.2 Å². The van der Waals surface area contributed by atoms with Gasteiger partial charge in [-0.25, -0.2) is 13.8 Å². The molecule has 0 amide bonds. The average molecular weight is 374 g/mol. The summed E-state index contributed by atoms with van der Waals surface area (Å²) in [6.07, 6.45) is 2.58. The summed E-state index contributed by atoms with van der Waals surface area (Å²) in [6, 6.07) is 2.34. The van der Waals surface area contributed by atoms with E-state index in [9.17, 15) is 8.78 Å². The van der Waals surface area contributed by atoms with Crippen LogP contribution in [0.4, 0.5) is 8.78 Å². The lowest BCUT2D eigenvalue weighted by Gasteiger charge is -2.07. The van der Waals surface area contributed by atoms with Crippen molar-refractivity contribution in [2.45, 2.75) is 0 Å². The van der Waals surface area contributed by atoms with Crippen molar-refractivity contribution in [3.8, 4) is 17.3 Å². The van der Waals surface area contributed by atoms with Crippen molar-refractivity contribution in [2.24, 2.45) is 0 Å². The lowest BCUT2D eigenvalue weighted by atomic mass is 10.2. The van der Waals surface area contributed by atoms with Crippen LogP contribution >= 0.6 is 27.5 Å². The van der Waals surface area contributed by atoms with Gasteiger partial charge in [-0.05, 0) is 39.7 Å². The molecule has 0 aliphatic carbocycles. The van der Waals surface area contributed by atoms with Gasteiger partial charge in [-0.3, -0.25) is 0 Å². The van der Waals surface area contributed by atoms with Gasteiger partial charge in [0.25, 0.3) is 5.95 Å². The molecule has 0 N–H and O–H groups in total. The Labute approximate surface area is 130 Å². The maximum absolute atomic E-state index is 14.1. The molecule has 10 heteroatoms. The lowest BCUT2D eigenvalue weighted by molar-refractivity contribution is 0.582. The van der Waals surface area contributed by atoms with Crippen LogP contribution in [0.2, 0.25) is 5.28 Å². The van der Waals surface area contributed by atoms with Gasteiger partial charge < -0.3 is 0 Å². The quantitative estimate of drug-likeness (QED) is 0.646. The standard InChI is InChI=1S/C11H4BrClF2N6/c12-5-1-2-6(14)7(8(5)15)9-18-10(13)20-11(19-9)21-4-16-3-17-21/h1-4H. The summed E-state index contributed by atoms with van der Waals surface area (Å²) in [5.74, 6) is -1.89. The zero-order valence-electron chi connectivity index (χ0n) is 10.0. The molecule has 0 saturated carbocycles. The van der Waals surface area contributed by atoms with E-state index in [2.05, 4.69) is 41.0 Å². The Bertz CT molecular complexity index is 811. The van der Waals surface area contributed by atoms with Crippen LogP contribution in [-0.2, 0) is 0 Å². The summed E-state index contributed by atoms with van der Waals surface area (Å²) < 4.78 is 29.3. The third kappa shape index (κ3) is 2.61. The van der Waals surface area contributed by atoms with Crippen LogP contribution in [0.3, 0.4) is 0 Å². The molecule has 0 unspecified atom stereocenters. The summed E-state index contributed by atoms with van der Waals surface area (Å²) in [5, 5.41) is 3.60. The number of nitrogens with zero attached hydrogens (tertiary/aromatic N) is 6. The van der Waals surface area contributed by atoms with Crippen molar-refractivity contribution in [1.82, 2.24) is 29.7 Å². The molecule has 1 aromatic carbocycles. The van der Waals surface area contributed by atoms with Crippen molar-refractivity contribution in [2.75, 3.05) is 0 Å². The second-order valence-electron chi connectivity index (χ2n) is 3.79. The summed E-state index contributed by atoms with van der Waals surface area (Å²) in [5.41, 5.74) is -0.407. The molecule has 2 heterocycles. The van der Waals surface area contributed by atoms with Crippen molar-refractivity contribution in [1.29, 1.82) is 0 Å². The van der Waals surface area contributed by atoms with Gasteiger partial charge in [0.15, 0.2) is 11.6 Å². The maximum Gasteiger partial charge on any atom is 0.256 e. The number of halogens is 4. The monoisotopic (exact) mass is 372 g/mol. The Hall–Kier alpha value is -2.00. The Morgan fingerprint density at radius 1 is 1.14 bits per heavy atom. The van der Waals surface area contributed by atoms with Gasteiger partial charge in [-0.1, -0.05) is 0 Å². The fourth-order valence-electron chi connectivity index (χ4n) is 1.60.